The van der Waals surface area contributed by atoms with E-state index < -0.39 is 15.9 Å². The smallest absolute Gasteiger partial charge is 0.266 e. The van der Waals surface area contributed by atoms with Crippen molar-refractivity contribution in [2.45, 2.75) is 4.90 Å². The lowest BCUT2D eigenvalue weighted by Crippen LogP contribution is -2.47. The van der Waals surface area contributed by atoms with Crippen LogP contribution in [0.3, 0.4) is 0 Å². The molecule has 7 nitrogen and oxygen atoms in total. The zero-order valence-electron chi connectivity index (χ0n) is 11.2. The maximum Gasteiger partial charge on any atom is 0.266 e. The van der Waals surface area contributed by atoms with E-state index >= 15 is 0 Å². The van der Waals surface area contributed by atoms with E-state index in [1.807, 2.05) is 12.5 Å². The fourth-order valence-corrected chi connectivity index (χ4v) is 3.74. The highest BCUT2D eigenvalue weighted by Gasteiger charge is 2.30. The van der Waals surface area contributed by atoms with Gasteiger partial charge >= 0.3 is 0 Å². The summed E-state index contributed by atoms with van der Waals surface area (Å²) < 4.78 is 26.6. The van der Waals surface area contributed by atoms with Crippen molar-refractivity contribution in [1.82, 2.24) is 14.6 Å². The average molecular weight is 298 g/mol. The predicted octanol–water partition coefficient (Wildman–Crippen LogP) is -0.774. The van der Waals surface area contributed by atoms with Gasteiger partial charge < -0.3 is 4.90 Å². The monoisotopic (exact) mass is 298 g/mol. The lowest BCUT2D eigenvalue weighted by molar-refractivity contribution is 0.0950. The van der Waals surface area contributed by atoms with E-state index in [9.17, 15) is 13.2 Å². The Kier molecular flexibility index (Phi) is 4.39. The molecule has 0 aliphatic carbocycles. The Morgan fingerprint density at radius 1 is 1.20 bits per heavy atom. The van der Waals surface area contributed by atoms with E-state index in [4.69, 9.17) is 5.84 Å². The Balaban J connectivity index is 2.37. The summed E-state index contributed by atoms with van der Waals surface area (Å²) in [5.41, 5.74) is 2.04. The molecule has 20 heavy (non-hydrogen) atoms. The molecule has 0 bridgehead atoms. The quantitative estimate of drug-likeness (QED) is 0.434. The van der Waals surface area contributed by atoms with Crippen molar-refractivity contribution in [2.24, 2.45) is 5.84 Å². The number of hydrogen-bond acceptors (Lipinski definition) is 5. The summed E-state index contributed by atoms with van der Waals surface area (Å²) in [4.78, 5) is 13.7. The molecule has 0 saturated carbocycles. The van der Waals surface area contributed by atoms with E-state index in [1.165, 1.54) is 16.4 Å². The molecule has 1 amide bonds. The average Bonchev–Trinajstić information content (AvgIpc) is 2.47. The SMILES string of the molecule is CN1CCN(S(=O)(=O)c2ccccc2C(=O)NN)CC1. The Morgan fingerprint density at radius 3 is 2.40 bits per heavy atom. The number of piperazine rings is 1. The second-order valence-corrected chi connectivity index (χ2v) is 6.58. The number of nitrogen functional groups attached to an aromatic ring is 1. The van der Waals surface area contributed by atoms with Crippen molar-refractivity contribution in [2.75, 3.05) is 33.2 Å². The molecule has 2 rings (SSSR count). The van der Waals surface area contributed by atoms with Gasteiger partial charge in [0.05, 0.1) is 10.5 Å². The first-order valence-electron chi connectivity index (χ1n) is 6.25. The van der Waals surface area contributed by atoms with Crippen LogP contribution in [0.2, 0.25) is 0 Å². The van der Waals surface area contributed by atoms with E-state index in [-0.39, 0.29) is 10.5 Å². The number of carbonyl (C=O) groups is 1. The number of hydrazine groups is 1. The minimum Gasteiger partial charge on any atom is -0.304 e. The number of hydrogen-bond donors (Lipinski definition) is 2. The highest BCUT2D eigenvalue weighted by molar-refractivity contribution is 7.89. The van der Waals surface area contributed by atoms with Crippen LogP contribution in [0.1, 0.15) is 10.4 Å². The van der Waals surface area contributed by atoms with Crippen LogP contribution in [0.4, 0.5) is 0 Å². The van der Waals surface area contributed by atoms with Crippen LogP contribution in [0.25, 0.3) is 0 Å². The van der Waals surface area contributed by atoms with Crippen LogP contribution in [0.15, 0.2) is 29.2 Å². The summed E-state index contributed by atoms with van der Waals surface area (Å²) in [6.45, 7) is 2.17. The largest absolute Gasteiger partial charge is 0.304 e. The summed E-state index contributed by atoms with van der Waals surface area (Å²) in [6, 6.07) is 6.08. The normalized spacial score (nSPS) is 17.9. The van der Waals surface area contributed by atoms with Gasteiger partial charge in [-0.15, -0.1) is 0 Å². The topological polar surface area (TPSA) is 95.7 Å². The Morgan fingerprint density at radius 2 is 1.80 bits per heavy atom. The second-order valence-electron chi connectivity index (χ2n) is 4.68. The fourth-order valence-electron chi connectivity index (χ4n) is 2.12. The molecule has 1 saturated heterocycles. The number of amides is 1. The maximum atomic E-state index is 12.6. The molecule has 0 unspecified atom stereocenters. The van der Waals surface area contributed by atoms with Gasteiger partial charge in [0.2, 0.25) is 10.0 Å². The number of carbonyl (C=O) groups excluding carboxylic acids is 1. The molecule has 0 atom stereocenters. The first kappa shape index (κ1) is 14.9. The number of likely N-dealkylation sites (N-methyl/N-ethyl adjacent to an activating group) is 1. The molecular weight excluding hydrogens is 280 g/mol. The van der Waals surface area contributed by atoms with Gasteiger partial charge in [-0.25, -0.2) is 14.3 Å². The van der Waals surface area contributed by atoms with E-state index in [0.29, 0.717) is 26.2 Å². The maximum absolute atomic E-state index is 12.6. The van der Waals surface area contributed by atoms with Crippen LogP contribution in [0.5, 0.6) is 0 Å². The third kappa shape index (κ3) is 2.83. The van der Waals surface area contributed by atoms with Crippen LogP contribution >= 0.6 is 0 Å². The fraction of sp³-hybridized carbons (Fsp3) is 0.417. The van der Waals surface area contributed by atoms with E-state index in [2.05, 4.69) is 4.90 Å². The minimum absolute atomic E-state index is 0.00694. The summed E-state index contributed by atoms with van der Waals surface area (Å²) in [6.07, 6.45) is 0. The standard InChI is InChI=1S/C12H18N4O3S/c1-15-6-8-16(9-7-15)20(18,19)11-5-3-2-4-10(11)12(17)14-13/h2-5H,6-9,13H2,1H3,(H,14,17). The van der Waals surface area contributed by atoms with Gasteiger partial charge in [-0.1, -0.05) is 12.1 Å². The molecular formula is C12H18N4O3S. The highest BCUT2D eigenvalue weighted by Crippen LogP contribution is 2.21. The first-order valence-corrected chi connectivity index (χ1v) is 7.69. The van der Waals surface area contributed by atoms with Crippen molar-refractivity contribution in [3.63, 3.8) is 0 Å². The van der Waals surface area contributed by atoms with Crippen molar-refractivity contribution >= 4 is 15.9 Å². The zero-order chi connectivity index (χ0) is 14.8. The summed E-state index contributed by atoms with van der Waals surface area (Å²) >= 11 is 0. The minimum atomic E-state index is -3.68. The van der Waals surface area contributed by atoms with E-state index in [0.717, 1.165) is 0 Å². The van der Waals surface area contributed by atoms with Gasteiger partial charge in [0.1, 0.15) is 0 Å². The number of sulfonamides is 1. The zero-order valence-corrected chi connectivity index (χ0v) is 12.1. The molecule has 3 N–H and O–H groups in total. The van der Waals surface area contributed by atoms with Crippen molar-refractivity contribution in [1.29, 1.82) is 0 Å². The summed E-state index contributed by atoms with van der Waals surface area (Å²) in [7, 11) is -1.74. The highest BCUT2D eigenvalue weighted by atomic mass is 32.2. The van der Waals surface area contributed by atoms with Gasteiger partial charge in [-0.3, -0.25) is 10.2 Å². The molecule has 1 heterocycles. The van der Waals surface area contributed by atoms with Crippen LogP contribution in [-0.4, -0.2) is 56.8 Å². The first-order chi connectivity index (χ1) is 9.46. The van der Waals surface area contributed by atoms with Crippen LogP contribution < -0.4 is 11.3 Å². The number of nitrogens with two attached hydrogens (primary N) is 1. The van der Waals surface area contributed by atoms with Crippen molar-refractivity contribution in [3.8, 4) is 0 Å². The number of rotatable bonds is 3. The van der Waals surface area contributed by atoms with Crippen molar-refractivity contribution in [3.05, 3.63) is 29.8 Å². The molecule has 1 aliphatic heterocycles. The number of nitrogens with one attached hydrogen (secondary N) is 1. The Hall–Kier alpha value is -1.48. The third-order valence-corrected chi connectivity index (χ3v) is 5.30. The van der Waals surface area contributed by atoms with Gasteiger partial charge in [0, 0.05) is 26.2 Å². The Labute approximate surface area is 118 Å². The number of benzene rings is 1. The van der Waals surface area contributed by atoms with Gasteiger partial charge in [0.25, 0.3) is 5.91 Å². The predicted molar refractivity (Wildman–Crippen MR) is 74.4 cm³/mol. The molecule has 0 aromatic heterocycles. The molecule has 1 aliphatic rings. The molecule has 0 radical (unpaired) electrons. The summed E-state index contributed by atoms with van der Waals surface area (Å²) in [5.74, 6) is 4.49. The summed E-state index contributed by atoms with van der Waals surface area (Å²) in [5, 5.41) is 0. The van der Waals surface area contributed by atoms with Gasteiger partial charge in [-0.2, -0.15) is 4.31 Å². The van der Waals surface area contributed by atoms with Gasteiger partial charge in [0.15, 0.2) is 0 Å². The molecule has 1 fully saturated rings. The van der Waals surface area contributed by atoms with Crippen LogP contribution in [0, 0.1) is 0 Å². The van der Waals surface area contributed by atoms with Crippen LogP contribution in [-0.2, 0) is 10.0 Å². The lowest BCUT2D eigenvalue weighted by atomic mass is 10.2. The second kappa shape index (κ2) is 5.88. The molecule has 110 valence electrons. The Bertz CT molecular complexity index is 594. The molecule has 8 heteroatoms. The molecule has 1 aromatic rings. The number of nitrogens with zero attached hydrogens (tertiary/aromatic N) is 2. The van der Waals surface area contributed by atoms with Crippen molar-refractivity contribution < 1.29 is 13.2 Å². The third-order valence-electron chi connectivity index (χ3n) is 3.34. The van der Waals surface area contributed by atoms with E-state index in [1.54, 1.807) is 12.1 Å². The molecule has 0 spiro atoms. The lowest BCUT2D eigenvalue weighted by Gasteiger charge is -2.31. The van der Waals surface area contributed by atoms with Gasteiger partial charge in [-0.05, 0) is 19.2 Å². The molecule has 1 aromatic carbocycles.